The number of hydrogen-bond acceptors (Lipinski definition) is 2. The first-order valence-electron chi connectivity index (χ1n) is 37.7. The monoisotopic (exact) mass is 1360 g/mol. The van der Waals surface area contributed by atoms with Crippen LogP contribution in [0.15, 0.2) is 352 Å². The van der Waals surface area contributed by atoms with E-state index in [0.717, 1.165) is 33.8 Å². The van der Waals surface area contributed by atoms with Crippen LogP contribution in [0.25, 0.3) is 175 Å². The third kappa shape index (κ3) is 7.29. The number of aromatic nitrogens is 4. The van der Waals surface area contributed by atoms with Gasteiger partial charge in [0.2, 0.25) is 0 Å². The Balaban J connectivity index is 0.783. The molecule has 4 aromatic heterocycles. The molecule has 0 atom stereocenters. The van der Waals surface area contributed by atoms with E-state index in [1.807, 2.05) is 0 Å². The minimum atomic E-state index is -0.225. The van der Waals surface area contributed by atoms with Crippen molar-refractivity contribution in [1.29, 1.82) is 0 Å². The summed E-state index contributed by atoms with van der Waals surface area (Å²) in [4.78, 5) is 5.21. The first kappa shape index (κ1) is 57.3. The Morgan fingerprint density at radius 2 is 0.648 bits per heavy atom. The third-order valence-electron chi connectivity index (χ3n) is 25.0. The van der Waals surface area contributed by atoms with Gasteiger partial charge in [-0.3, -0.25) is 0 Å². The van der Waals surface area contributed by atoms with Crippen molar-refractivity contribution in [1.82, 2.24) is 18.1 Å². The van der Waals surface area contributed by atoms with Crippen LogP contribution in [0, 0.1) is 0 Å². The predicted molar refractivity (Wildman–Crippen MR) is 458 cm³/mol. The van der Waals surface area contributed by atoms with E-state index in [2.05, 4.69) is 380 Å². The maximum Gasteiger partial charge on any atom is 0.333 e. The Kier molecular flexibility index (Phi) is 11.1. The topological polar surface area (TPSA) is 26.2 Å². The third-order valence-corrected chi connectivity index (χ3v) is 25.0. The summed E-state index contributed by atoms with van der Waals surface area (Å²) >= 11 is 0. The maximum atomic E-state index is 2.76. The fourth-order valence-corrected chi connectivity index (χ4v) is 20.8. The number of anilines is 6. The molecule has 4 aliphatic rings. The van der Waals surface area contributed by atoms with Crippen molar-refractivity contribution in [3.63, 3.8) is 0 Å². The van der Waals surface area contributed by atoms with Crippen molar-refractivity contribution in [2.45, 2.75) is 0 Å². The standard InChI is InChI=1S/C100H58B2N6/c1-3-28-66(29-4-1)105-82-42-17-15-35-74(82)81-57-88-96-92(100(81)105)79-41-21-38-76-80-56-65(48-51-84(80)108(99(76)79)102(96)94-71-33-14-12-25-62(71)46-52-85(94)103(88)68-49-44-59-22-7-9-26-63(59)54-68)72-36-19-39-77-90-87(106(97(72)77)67-30-5-2-6-31-67)58-89-95-91(90)78-40-20-37-75-73-34-16-18-43-83(73)107(98(75)78)101(95)93-70-32-13-11-24-61(70)47-53-86(93)104(89)69-50-45-60-23-8-10-27-64(60)55-69/h1-58H. The highest BCUT2D eigenvalue weighted by Gasteiger charge is 2.48. The Labute approximate surface area is 620 Å². The molecule has 0 radical (unpaired) electrons. The van der Waals surface area contributed by atoms with Gasteiger partial charge in [0.1, 0.15) is 0 Å². The minimum Gasteiger partial charge on any atom is -0.375 e. The van der Waals surface area contributed by atoms with Crippen LogP contribution in [0.3, 0.4) is 0 Å². The molecule has 6 nitrogen and oxygen atoms in total. The molecule has 8 heteroatoms. The highest BCUT2D eigenvalue weighted by Crippen LogP contribution is 2.55. The van der Waals surface area contributed by atoms with E-state index in [0.29, 0.717) is 0 Å². The molecule has 26 rings (SSSR count). The summed E-state index contributed by atoms with van der Waals surface area (Å²) in [7, 11) is 0. The zero-order valence-corrected chi connectivity index (χ0v) is 58.3. The van der Waals surface area contributed by atoms with Gasteiger partial charge in [0.15, 0.2) is 0 Å². The second kappa shape index (κ2) is 20.9. The predicted octanol–water partition coefficient (Wildman–Crippen LogP) is 23.2. The van der Waals surface area contributed by atoms with Crippen LogP contribution in [0.1, 0.15) is 0 Å². The van der Waals surface area contributed by atoms with Crippen LogP contribution in [0.4, 0.5) is 34.1 Å². The van der Waals surface area contributed by atoms with Gasteiger partial charge in [-0.25, -0.2) is 0 Å². The number of hydrogen-bond donors (Lipinski definition) is 0. The van der Waals surface area contributed by atoms with Crippen LogP contribution < -0.4 is 31.7 Å². The Morgan fingerprint density at radius 3 is 1.26 bits per heavy atom. The Hall–Kier alpha value is -14.1. The lowest BCUT2D eigenvalue weighted by molar-refractivity contribution is 1.18. The Morgan fingerprint density at radius 1 is 0.204 bits per heavy atom. The van der Waals surface area contributed by atoms with Gasteiger partial charge in [-0.05, 0) is 173 Å². The number of nitrogens with zero attached hydrogens (tertiary/aromatic N) is 6. The summed E-state index contributed by atoms with van der Waals surface area (Å²) in [6, 6.07) is 134. The van der Waals surface area contributed by atoms with Crippen LogP contribution in [-0.4, -0.2) is 31.8 Å². The summed E-state index contributed by atoms with van der Waals surface area (Å²) in [6.45, 7) is -0.395. The summed E-state index contributed by atoms with van der Waals surface area (Å²) in [6.07, 6.45) is 0. The largest absolute Gasteiger partial charge is 0.375 e. The van der Waals surface area contributed by atoms with Crippen LogP contribution in [-0.2, 0) is 0 Å². The van der Waals surface area contributed by atoms with Gasteiger partial charge in [0.05, 0.1) is 22.1 Å². The van der Waals surface area contributed by atoms with Crippen molar-refractivity contribution >= 4 is 200 Å². The second-order valence-electron chi connectivity index (χ2n) is 30.1. The van der Waals surface area contributed by atoms with E-state index in [-0.39, 0.29) is 13.7 Å². The van der Waals surface area contributed by atoms with Crippen LogP contribution in [0.2, 0.25) is 0 Å². The zero-order valence-electron chi connectivity index (χ0n) is 58.3. The van der Waals surface area contributed by atoms with Gasteiger partial charge in [-0.15, -0.1) is 0 Å². The molecule has 0 amide bonds. The van der Waals surface area contributed by atoms with E-state index in [4.69, 9.17) is 0 Å². The summed E-state index contributed by atoms with van der Waals surface area (Å²) in [5, 5.41) is 19.7. The summed E-state index contributed by atoms with van der Waals surface area (Å²) < 4.78 is 10.7. The van der Waals surface area contributed by atoms with Crippen molar-refractivity contribution in [2.24, 2.45) is 0 Å². The fourth-order valence-electron chi connectivity index (χ4n) is 20.8. The number of benzene rings is 18. The van der Waals surface area contributed by atoms with E-state index < -0.39 is 0 Å². The van der Waals surface area contributed by atoms with Gasteiger partial charge in [0.25, 0.3) is 0 Å². The highest BCUT2D eigenvalue weighted by atomic mass is 15.2. The SMILES string of the molecule is c1ccc(-n2c3ccccc3c3cc4c5c(c32)-c2cccc3c6cc(-c7cccc8c9c%10c%11c(cc9n(-c9ccccc9)c78)N(c7ccc8ccccc8c7)c7ccc8ccccc8c7B%11n7c8ccccc8c8cccc-%10c87)ccc6n(c23)B5c2c(ccc3ccccc23)N4c2ccc3ccccc3c2)cc1. The first-order valence-corrected chi connectivity index (χ1v) is 37.7. The molecular formula is C100H58B2N6. The molecule has 22 aromatic rings. The lowest BCUT2D eigenvalue weighted by Crippen LogP contribution is -2.57. The molecular weight excluding hydrogens is 1310 g/mol. The van der Waals surface area contributed by atoms with Crippen LogP contribution >= 0.6 is 0 Å². The molecule has 494 valence electrons. The van der Waals surface area contributed by atoms with Crippen molar-refractivity contribution < 1.29 is 0 Å². The van der Waals surface area contributed by atoms with Crippen molar-refractivity contribution in [2.75, 3.05) is 9.80 Å². The summed E-state index contributed by atoms with van der Waals surface area (Å²) in [5.41, 5.74) is 31.6. The lowest BCUT2D eigenvalue weighted by Gasteiger charge is -2.41. The average Bonchev–Trinajstić information content (AvgIpc) is 1.43. The molecule has 0 unspecified atom stereocenters. The van der Waals surface area contributed by atoms with Gasteiger partial charge < -0.3 is 27.9 Å². The maximum absolute atomic E-state index is 2.76. The molecule has 4 aliphatic heterocycles. The second-order valence-corrected chi connectivity index (χ2v) is 30.1. The molecule has 0 aliphatic carbocycles. The smallest absolute Gasteiger partial charge is 0.333 e. The normalized spacial score (nSPS) is 13.3. The number of para-hydroxylation sites is 7. The van der Waals surface area contributed by atoms with Crippen molar-refractivity contribution in [3.05, 3.63) is 352 Å². The molecule has 0 saturated carbocycles. The molecule has 108 heavy (non-hydrogen) atoms. The Bertz CT molecular complexity index is 7850. The fraction of sp³-hybridized carbons (Fsp3) is 0. The molecule has 8 heterocycles. The molecule has 0 N–H and O–H groups in total. The zero-order chi connectivity index (χ0) is 69.9. The molecule has 0 saturated heterocycles. The number of rotatable bonds is 5. The molecule has 18 aromatic carbocycles. The van der Waals surface area contributed by atoms with E-state index in [1.165, 1.54) is 197 Å². The van der Waals surface area contributed by atoms with E-state index in [9.17, 15) is 0 Å². The van der Waals surface area contributed by atoms with E-state index in [1.54, 1.807) is 0 Å². The van der Waals surface area contributed by atoms with Gasteiger partial charge in [-0.2, -0.15) is 0 Å². The summed E-state index contributed by atoms with van der Waals surface area (Å²) in [5.74, 6) is 0. The number of fused-ring (bicyclic) bond motifs is 28. The molecule has 0 bridgehead atoms. The highest BCUT2D eigenvalue weighted by molar-refractivity contribution is 6.93. The van der Waals surface area contributed by atoms with Gasteiger partial charge in [0, 0.05) is 133 Å². The van der Waals surface area contributed by atoms with Gasteiger partial charge in [-0.1, -0.05) is 255 Å². The average molecular weight is 1370 g/mol. The van der Waals surface area contributed by atoms with Gasteiger partial charge >= 0.3 is 13.7 Å². The molecule has 0 spiro atoms. The van der Waals surface area contributed by atoms with Crippen molar-refractivity contribution in [3.8, 4) is 44.8 Å². The van der Waals surface area contributed by atoms with E-state index >= 15 is 0 Å². The van der Waals surface area contributed by atoms with Crippen LogP contribution in [0.5, 0.6) is 0 Å². The first-order chi connectivity index (χ1) is 53.6. The quantitative estimate of drug-likeness (QED) is 0.161. The molecule has 0 fully saturated rings. The minimum absolute atomic E-state index is 0.170. The lowest BCUT2D eigenvalue weighted by atomic mass is 9.44.